The summed E-state index contributed by atoms with van der Waals surface area (Å²) in [6.45, 7) is 0. The molecule has 0 saturated carbocycles. The number of benzene rings is 1. The predicted molar refractivity (Wildman–Crippen MR) is 53.4 cm³/mol. The van der Waals surface area contributed by atoms with Crippen molar-refractivity contribution in [2.24, 2.45) is 10.3 Å². The summed E-state index contributed by atoms with van der Waals surface area (Å²) in [4.78, 5) is 10.3. The molecule has 0 radical (unpaired) electrons. The molecule has 16 heavy (non-hydrogen) atoms. The van der Waals surface area contributed by atoms with E-state index in [2.05, 4.69) is 10.3 Å². The summed E-state index contributed by atoms with van der Waals surface area (Å²) in [5, 5.41) is 19.6. The molecular weight excluding hydrogens is 233 g/mol. The van der Waals surface area contributed by atoms with Crippen molar-refractivity contribution in [1.29, 1.82) is 0 Å². The average Bonchev–Trinajstić information content (AvgIpc) is 2.16. The van der Waals surface area contributed by atoms with E-state index >= 15 is 0 Å². The van der Waals surface area contributed by atoms with E-state index in [-0.39, 0.29) is 57.8 Å². The summed E-state index contributed by atoms with van der Waals surface area (Å²) in [6, 6.07) is 6.82. The molecule has 0 heterocycles. The van der Waals surface area contributed by atoms with Crippen LogP contribution in [0.5, 0.6) is 0 Å². The quantitative estimate of drug-likeness (QED) is 0.336. The molecule has 1 aromatic rings. The van der Waals surface area contributed by atoms with Gasteiger partial charge >= 0.3 is 51.4 Å². The Hall–Kier alpha value is -0.274. The minimum absolute atomic E-state index is 0. The number of carbonyl (C=O) groups is 1. The molecule has 0 aromatic heterocycles. The van der Waals surface area contributed by atoms with Crippen LogP contribution in [0.3, 0.4) is 0 Å². The van der Waals surface area contributed by atoms with Gasteiger partial charge in [0, 0.05) is 26.5 Å². The molecule has 80 valence electrons. The molecule has 0 fully saturated rings. The van der Waals surface area contributed by atoms with E-state index in [9.17, 15) is 9.90 Å². The Kier molecular flexibility index (Phi) is 7.78. The summed E-state index contributed by atoms with van der Waals surface area (Å²) in [7, 11) is 3.54. The first kappa shape index (κ1) is 15.7. The van der Waals surface area contributed by atoms with E-state index in [1.807, 2.05) is 0 Å². The molecule has 6 heteroatoms. The number of hydrogen-bond acceptors (Lipinski definition) is 4. The zero-order chi connectivity index (χ0) is 11.3. The van der Waals surface area contributed by atoms with E-state index in [0.29, 0.717) is 11.3 Å². The molecule has 0 aliphatic carbocycles. The maximum atomic E-state index is 10.3. The third kappa shape index (κ3) is 6.34. The Morgan fingerprint density at radius 1 is 1.31 bits per heavy atom. The van der Waals surface area contributed by atoms with Crippen LogP contribution in [0.1, 0.15) is 5.56 Å². The maximum Gasteiger partial charge on any atom is 1.00 e. The van der Waals surface area contributed by atoms with Gasteiger partial charge < -0.3 is 9.90 Å². The number of rotatable bonds is 4. The predicted octanol–water partition coefficient (Wildman–Crippen LogP) is -2.46. The molecular formula is C10H12KN3O2. The fraction of sp³-hybridized carbons (Fsp3) is 0.300. The summed E-state index contributed by atoms with van der Waals surface area (Å²) in [5.74, 6) is -1.09. The van der Waals surface area contributed by atoms with Crippen molar-refractivity contribution in [1.82, 2.24) is 5.01 Å². The van der Waals surface area contributed by atoms with Crippen molar-refractivity contribution >= 4 is 11.7 Å². The van der Waals surface area contributed by atoms with Crippen molar-refractivity contribution in [2.75, 3.05) is 14.1 Å². The standard InChI is InChI=1S/C10H13N3O2.K/c1-13(2)12-11-9-5-3-8(4-6-9)7-10(14)15;/h3-6H,7H2,1-2H3,(H,14,15);/q;+1/p-1. The van der Waals surface area contributed by atoms with Crippen LogP contribution in [-0.2, 0) is 11.2 Å². The van der Waals surface area contributed by atoms with Crippen molar-refractivity contribution in [2.45, 2.75) is 6.42 Å². The van der Waals surface area contributed by atoms with Gasteiger partial charge in [-0.1, -0.05) is 17.4 Å². The van der Waals surface area contributed by atoms with Gasteiger partial charge in [-0.05, 0) is 17.7 Å². The Labute approximate surface area is 137 Å². The molecule has 0 amide bonds. The summed E-state index contributed by atoms with van der Waals surface area (Å²) >= 11 is 0. The van der Waals surface area contributed by atoms with Crippen LogP contribution >= 0.6 is 0 Å². The van der Waals surface area contributed by atoms with Crippen molar-refractivity contribution < 1.29 is 61.3 Å². The molecule has 1 aromatic carbocycles. The minimum atomic E-state index is -1.09. The number of carboxylic acid groups (broad SMARTS) is 1. The Morgan fingerprint density at radius 3 is 2.31 bits per heavy atom. The molecule has 0 spiro atoms. The van der Waals surface area contributed by atoms with Crippen LogP contribution in [0.25, 0.3) is 0 Å². The first-order valence-electron chi connectivity index (χ1n) is 4.45. The van der Waals surface area contributed by atoms with E-state index in [1.165, 1.54) is 0 Å². The second-order valence-corrected chi connectivity index (χ2v) is 3.25. The number of aliphatic carboxylic acids is 1. The normalized spacial score (nSPS) is 9.88. The zero-order valence-corrected chi connectivity index (χ0v) is 12.8. The van der Waals surface area contributed by atoms with Crippen LogP contribution in [-0.4, -0.2) is 25.1 Å². The smallest absolute Gasteiger partial charge is 0.550 e. The van der Waals surface area contributed by atoms with Crippen LogP contribution in [0, 0.1) is 0 Å². The van der Waals surface area contributed by atoms with Crippen molar-refractivity contribution in [3.63, 3.8) is 0 Å². The molecule has 0 N–H and O–H groups in total. The van der Waals surface area contributed by atoms with Crippen LogP contribution < -0.4 is 56.5 Å². The van der Waals surface area contributed by atoms with Gasteiger partial charge in [-0.2, -0.15) is 0 Å². The molecule has 0 aliphatic heterocycles. The average molecular weight is 245 g/mol. The van der Waals surface area contributed by atoms with Gasteiger partial charge in [0.25, 0.3) is 0 Å². The third-order valence-electron chi connectivity index (χ3n) is 1.62. The number of hydrogen-bond donors (Lipinski definition) is 0. The second-order valence-electron chi connectivity index (χ2n) is 3.25. The monoisotopic (exact) mass is 245 g/mol. The molecule has 0 unspecified atom stereocenters. The number of nitrogens with zero attached hydrogens (tertiary/aromatic N) is 3. The van der Waals surface area contributed by atoms with Crippen LogP contribution in [0.15, 0.2) is 34.6 Å². The second kappa shape index (κ2) is 7.91. The van der Waals surface area contributed by atoms with Gasteiger partial charge in [0.15, 0.2) is 0 Å². The third-order valence-corrected chi connectivity index (χ3v) is 1.62. The van der Waals surface area contributed by atoms with E-state index in [4.69, 9.17) is 0 Å². The van der Waals surface area contributed by atoms with Gasteiger partial charge in [-0.25, -0.2) is 0 Å². The summed E-state index contributed by atoms with van der Waals surface area (Å²) < 4.78 is 0. The largest absolute Gasteiger partial charge is 1.00 e. The molecule has 1 rings (SSSR count). The Bertz CT molecular complexity index is 363. The number of carboxylic acids is 1. The Balaban J connectivity index is 0.00000225. The SMILES string of the molecule is CN(C)N=Nc1ccc(CC(=O)[O-])cc1.[K+]. The first-order chi connectivity index (χ1) is 7.08. The van der Waals surface area contributed by atoms with E-state index < -0.39 is 5.97 Å². The van der Waals surface area contributed by atoms with Crippen LogP contribution in [0.4, 0.5) is 5.69 Å². The van der Waals surface area contributed by atoms with Crippen molar-refractivity contribution in [3.05, 3.63) is 29.8 Å². The topological polar surface area (TPSA) is 68.1 Å². The van der Waals surface area contributed by atoms with Crippen LogP contribution in [0.2, 0.25) is 0 Å². The minimum Gasteiger partial charge on any atom is -0.550 e. The molecule has 0 bridgehead atoms. The summed E-state index contributed by atoms with van der Waals surface area (Å²) in [6.07, 6.45) is -0.0783. The van der Waals surface area contributed by atoms with Gasteiger partial charge in [-0.3, -0.25) is 5.01 Å². The first-order valence-corrected chi connectivity index (χ1v) is 4.45. The van der Waals surface area contributed by atoms with Gasteiger partial charge in [-0.15, -0.1) is 5.11 Å². The zero-order valence-electron chi connectivity index (χ0n) is 9.67. The molecule has 0 aliphatic rings. The van der Waals surface area contributed by atoms with Gasteiger partial charge in [0.05, 0.1) is 5.69 Å². The summed E-state index contributed by atoms with van der Waals surface area (Å²) in [5.41, 5.74) is 1.38. The Morgan fingerprint density at radius 2 is 1.88 bits per heavy atom. The van der Waals surface area contributed by atoms with E-state index in [1.54, 1.807) is 43.4 Å². The molecule has 0 atom stereocenters. The molecule has 0 saturated heterocycles. The van der Waals surface area contributed by atoms with Crippen molar-refractivity contribution in [3.8, 4) is 0 Å². The van der Waals surface area contributed by atoms with Gasteiger partial charge in [0.2, 0.25) is 0 Å². The number of carbonyl (C=O) groups excluding carboxylic acids is 1. The van der Waals surface area contributed by atoms with Gasteiger partial charge in [0.1, 0.15) is 0 Å². The fourth-order valence-electron chi connectivity index (χ4n) is 0.988. The fourth-order valence-corrected chi connectivity index (χ4v) is 0.988. The molecule has 5 nitrogen and oxygen atoms in total. The van der Waals surface area contributed by atoms with E-state index in [0.717, 1.165) is 0 Å². The maximum absolute atomic E-state index is 10.3.